The first-order valence-electron chi connectivity index (χ1n) is 10.9. The molecule has 2 aromatic carbocycles. The molecule has 5 rings (SSSR count). The second kappa shape index (κ2) is 7.34. The summed E-state index contributed by atoms with van der Waals surface area (Å²) in [6.45, 7) is 2.34. The fourth-order valence-corrected chi connectivity index (χ4v) is 5.48. The molecule has 3 amide bonds. The molecular formula is C24H25N3O5. The van der Waals surface area contributed by atoms with Gasteiger partial charge in [-0.15, -0.1) is 0 Å². The van der Waals surface area contributed by atoms with Crippen molar-refractivity contribution >= 4 is 23.4 Å². The monoisotopic (exact) mass is 435 g/mol. The SMILES string of the molecule is CCCCN1C(=O)[C@@H]2C(Cc3ccc(O)c(O)c3)NC3(C(=O)Nc4ccccc43)[C@@H]2C1=O. The minimum atomic E-state index is -1.32. The molecule has 3 aliphatic heterocycles. The number of nitrogens with one attached hydrogen (secondary N) is 2. The van der Waals surface area contributed by atoms with Crippen molar-refractivity contribution in [3.05, 3.63) is 53.6 Å². The van der Waals surface area contributed by atoms with Gasteiger partial charge in [-0.1, -0.05) is 37.6 Å². The van der Waals surface area contributed by atoms with Crippen molar-refractivity contribution < 1.29 is 24.6 Å². The van der Waals surface area contributed by atoms with E-state index in [4.69, 9.17) is 0 Å². The van der Waals surface area contributed by atoms with E-state index in [0.717, 1.165) is 6.42 Å². The van der Waals surface area contributed by atoms with E-state index in [1.54, 1.807) is 12.1 Å². The summed E-state index contributed by atoms with van der Waals surface area (Å²) >= 11 is 0. The van der Waals surface area contributed by atoms with Crippen molar-refractivity contribution in [2.75, 3.05) is 11.9 Å². The van der Waals surface area contributed by atoms with Gasteiger partial charge in [-0.05, 0) is 36.6 Å². The number of nitrogens with zero attached hydrogens (tertiary/aromatic N) is 1. The van der Waals surface area contributed by atoms with Crippen LogP contribution in [0.2, 0.25) is 0 Å². The van der Waals surface area contributed by atoms with Crippen LogP contribution in [0, 0.1) is 11.8 Å². The van der Waals surface area contributed by atoms with Gasteiger partial charge in [-0.25, -0.2) is 0 Å². The minimum absolute atomic E-state index is 0.232. The number of aromatic hydroxyl groups is 2. The Morgan fingerprint density at radius 2 is 1.81 bits per heavy atom. The van der Waals surface area contributed by atoms with Crippen molar-refractivity contribution in [3.63, 3.8) is 0 Å². The minimum Gasteiger partial charge on any atom is -0.504 e. The number of imide groups is 1. The molecule has 0 bridgehead atoms. The van der Waals surface area contributed by atoms with Crippen LogP contribution in [-0.4, -0.2) is 45.4 Å². The summed E-state index contributed by atoms with van der Waals surface area (Å²) < 4.78 is 0. The molecule has 3 heterocycles. The zero-order valence-electron chi connectivity index (χ0n) is 17.7. The Balaban J connectivity index is 1.59. The molecule has 8 heteroatoms. The van der Waals surface area contributed by atoms with Crippen molar-refractivity contribution in [2.45, 2.75) is 37.8 Å². The van der Waals surface area contributed by atoms with Gasteiger partial charge >= 0.3 is 0 Å². The molecule has 0 saturated carbocycles. The van der Waals surface area contributed by atoms with E-state index in [0.29, 0.717) is 36.2 Å². The van der Waals surface area contributed by atoms with Crippen LogP contribution in [0.1, 0.15) is 30.9 Å². The lowest BCUT2D eigenvalue weighted by atomic mass is 9.76. The maximum Gasteiger partial charge on any atom is 0.250 e. The highest BCUT2D eigenvalue weighted by Crippen LogP contribution is 2.53. The lowest BCUT2D eigenvalue weighted by Crippen LogP contribution is -2.53. The summed E-state index contributed by atoms with van der Waals surface area (Å²) in [7, 11) is 0. The average Bonchev–Trinajstić information content (AvgIpc) is 3.34. The molecule has 4 atom stereocenters. The molecule has 2 fully saturated rings. The molecule has 32 heavy (non-hydrogen) atoms. The quantitative estimate of drug-likeness (QED) is 0.421. The molecule has 2 aromatic rings. The molecule has 8 nitrogen and oxygen atoms in total. The van der Waals surface area contributed by atoms with Crippen molar-refractivity contribution in [1.82, 2.24) is 10.2 Å². The van der Waals surface area contributed by atoms with Crippen LogP contribution in [0.25, 0.3) is 0 Å². The van der Waals surface area contributed by atoms with Crippen LogP contribution in [-0.2, 0) is 26.3 Å². The molecule has 1 spiro atoms. The number of anilines is 1. The molecule has 2 unspecified atom stereocenters. The Morgan fingerprint density at radius 3 is 2.56 bits per heavy atom. The maximum atomic E-state index is 13.5. The second-order valence-electron chi connectivity index (χ2n) is 8.77. The van der Waals surface area contributed by atoms with Crippen LogP contribution in [0.3, 0.4) is 0 Å². The van der Waals surface area contributed by atoms with E-state index in [2.05, 4.69) is 10.6 Å². The van der Waals surface area contributed by atoms with Crippen LogP contribution in [0.15, 0.2) is 42.5 Å². The zero-order chi connectivity index (χ0) is 22.6. The molecule has 2 saturated heterocycles. The van der Waals surface area contributed by atoms with Gasteiger partial charge < -0.3 is 15.5 Å². The summed E-state index contributed by atoms with van der Waals surface area (Å²) in [6, 6.07) is 11.2. The number of fused-ring (bicyclic) bond motifs is 4. The van der Waals surface area contributed by atoms with E-state index in [-0.39, 0.29) is 29.2 Å². The number of para-hydroxylation sites is 1. The van der Waals surface area contributed by atoms with E-state index in [9.17, 15) is 24.6 Å². The van der Waals surface area contributed by atoms with E-state index in [1.165, 1.54) is 17.0 Å². The molecule has 0 aliphatic carbocycles. The number of likely N-dealkylation sites (tertiary alicyclic amines) is 1. The normalized spacial score (nSPS) is 28.3. The number of benzene rings is 2. The van der Waals surface area contributed by atoms with Crippen molar-refractivity contribution in [1.29, 1.82) is 0 Å². The summed E-state index contributed by atoms with van der Waals surface area (Å²) in [5.74, 6) is -2.94. The molecule has 4 N–H and O–H groups in total. The number of phenolic OH excluding ortho intramolecular Hbond substituents is 2. The Labute approximate surface area is 185 Å². The third-order valence-corrected chi connectivity index (χ3v) is 6.94. The number of unbranched alkanes of at least 4 members (excludes halogenated alkanes) is 1. The van der Waals surface area contributed by atoms with E-state index in [1.807, 2.05) is 25.1 Å². The molecule has 166 valence electrons. The second-order valence-corrected chi connectivity index (χ2v) is 8.77. The standard InChI is InChI=1S/C24H25N3O5/c1-2-3-10-27-21(30)19-16(11-13-8-9-17(28)18(29)12-13)26-24(20(19)22(27)31)14-6-4-5-7-15(14)25-23(24)32/h4-9,12,16,19-20,26,28-29H,2-3,10-11H2,1H3,(H,25,32)/t16?,19-,20+,24?/m1/s1. The largest absolute Gasteiger partial charge is 0.504 e. The van der Waals surface area contributed by atoms with Gasteiger partial charge in [0.25, 0.3) is 0 Å². The summed E-state index contributed by atoms with van der Waals surface area (Å²) in [5.41, 5.74) is 0.680. The van der Waals surface area contributed by atoms with Gasteiger partial charge in [0, 0.05) is 23.8 Å². The molecule has 3 aliphatic rings. The maximum absolute atomic E-state index is 13.5. The van der Waals surface area contributed by atoms with Gasteiger partial charge in [-0.3, -0.25) is 24.6 Å². The van der Waals surface area contributed by atoms with Gasteiger partial charge in [0.1, 0.15) is 5.54 Å². The average molecular weight is 435 g/mol. The predicted octanol–water partition coefficient (Wildman–Crippen LogP) is 1.86. The predicted molar refractivity (Wildman–Crippen MR) is 116 cm³/mol. The summed E-state index contributed by atoms with van der Waals surface area (Å²) in [4.78, 5) is 41.6. The van der Waals surface area contributed by atoms with E-state index < -0.39 is 23.4 Å². The third-order valence-electron chi connectivity index (χ3n) is 6.94. The van der Waals surface area contributed by atoms with Crippen molar-refractivity contribution in [2.24, 2.45) is 11.8 Å². The van der Waals surface area contributed by atoms with Crippen LogP contribution >= 0.6 is 0 Å². The van der Waals surface area contributed by atoms with Gasteiger partial charge in [0.05, 0.1) is 11.8 Å². The highest BCUT2D eigenvalue weighted by Gasteiger charge is 2.70. The Morgan fingerprint density at radius 1 is 1.03 bits per heavy atom. The van der Waals surface area contributed by atoms with Gasteiger partial charge in [0.15, 0.2) is 11.5 Å². The zero-order valence-corrected chi connectivity index (χ0v) is 17.7. The smallest absolute Gasteiger partial charge is 0.250 e. The molecular weight excluding hydrogens is 410 g/mol. The van der Waals surface area contributed by atoms with Crippen LogP contribution < -0.4 is 10.6 Å². The number of amides is 3. The number of hydrogen-bond acceptors (Lipinski definition) is 6. The Hall–Kier alpha value is -3.39. The number of carbonyl (C=O) groups is 3. The molecule has 0 aromatic heterocycles. The third kappa shape index (κ3) is 2.75. The van der Waals surface area contributed by atoms with Crippen LogP contribution in [0.5, 0.6) is 11.5 Å². The summed E-state index contributed by atoms with van der Waals surface area (Å²) in [5, 5.41) is 25.8. The summed E-state index contributed by atoms with van der Waals surface area (Å²) in [6.07, 6.45) is 1.86. The molecule has 0 radical (unpaired) electrons. The first-order valence-corrected chi connectivity index (χ1v) is 10.9. The number of rotatable bonds is 5. The number of phenols is 2. The lowest BCUT2D eigenvalue weighted by molar-refractivity contribution is -0.142. The Kier molecular flexibility index (Phi) is 4.70. The lowest BCUT2D eigenvalue weighted by Gasteiger charge is -2.29. The fourth-order valence-electron chi connectivity index (χ4n) is 5.48. The van der Waals surface area contributed by atoms with Gasteiger partial charge in [-0.2, -0.15) is 0 Å². The van der Waals surface area contributed by atoms with Gasteiger partial charge in [0.2, 0.25) is 17.7 Å². The van der Waals surface area contributed by atoms with Crippen molar-refractivity contribution in [3.8, 4) is 11.5 Å². The highest BCUT2D eigenvalue weighted by molar-refractivity contribution is 6.15. The first kappa shape index (κ1) is 20.5. The topological polar surface area (TPSA) is 119 Å². The number of hydrogen-bond donors (Lipinski definition) is 4. The van der Waals surface area contributed by atoms with Crippen LogP contribution in [0.4, 0.5) is 5.69 Å². The fraction of sp³-hybridized carbons (Fsp3) is 0.375. The number of carbonyl (C=O) groups excluding carboxylic acids is 3. The first-order chi connectivity index (χ1) is 15.4. The Bertz CT molecular complexity index is 1130. The highest BCUT2D eigenvalue weighted by atomic mass is 16.3. The van der Waals surface area contributed by atoms with E-state index >= 15 is 0 Å².